The molecule has 120 valence electrons. The molecule has 8 nitrogen and oxygen atoms in total. The zero-order valence-corrected chi connectivity index (χ0v) is 13.6. The van der Waals surface area contributed by atoms with Gasteiger partial charge in [-0.25, -0.2) is 0 Å². The Balaban J connectivity index is 3.41. The van der Waals surface area contributed by atoms with Gasteiger partial charge in [0.25, 0.3) is 0 Å². The number of nitrogens with zero attached hydrogens (tertiary/aromatic N) is 3. The van der Waals surface area contributed by atoms with Gasteiger partial charge in [0, 0.05) is 16.0 Å². The van der Waals surface area contributed by atoms with Crippen molar-refractivity contribution in [3.63, 3.8) is 0 Å². The number of carbonyl (C=O) groups excluding carboxylic acids is 1. The molecule has 1 aromatic heterocycles. The van der Waals surface area contributed by atoms with Crippen LogP contribution in [-0.4, -0.2) is 19.0 Å². The SMILES string of the molecule is CCOP(=O)(OCC)C(=CC(C)=O)c1cocc1CN=[N+]=[N-]. The van der Waals surface area contributed by atoms with Crippen molar-refractivity contribution in [2.24, 2.45) is 5.11 Å². The summed E-state index contributed by atoms with van der Waals surface area (Å²) in [5.41, 5.74) is 9.28. The second kappa shape index (κ2) is 8.56. The quantitative estimate of drug-likeness (QED) is 0.221. The third kappa shape index (κ3) is 4.58. The van der Waals surface area contributed by atoms with Gasteiger partial charge in [-0.1, -0.05) is 5.11 Å². The molecule has 22 heavy (non-hydrogen) atoms. The van der Waals surface area contributed by atoms with E-state index in [2.05, 4.69) is 10.0 Å². The van der Waals surface area contributed by atoms with E-state index >= 15 is 0 Å². The zero-order chi connectivity index (χ0) is 16.6. The maximum atomic E-state index is 13.0. The molecule has 0 unspecified atom stereocenters. The van der Waals surface area contributed by atoms with Gasteiger partial charge in [0.2, 0.25) is 0 Å². The van der Waals surface area contributed by atoms with Crippen molar-refractivity contribution in [1.82, 2.24) is 0 Å². The third-order valence-corrected chi connectivity index (χ3v) is 4.71. The largest absolute Gasteiger partial charge is 0.472 e. The first-order valence-electron chi connectivity index (χ1n) is 6.66. The summed E-state index contributed by atoms with van der Waals surface area (Å²) < 4.78 is 28.6. The van der Waals surface area contributed by atoms with Gasteiger partial charge in [-0.05, 0) is 32.4 Å². The summed E-state index contributed by atoms with van der Waals surface area (Å²) in [6.45, 7) is 4.97. The summed E-state index contributed by atoms with van der Waals surface area (Å²) in [7, 11) is -3.69. The van der Waals surface area contributed by atoms with Crippen LogP contribution in [0.15, 0.2) is 28.1 Å². The van der Waals surface area contributed by atoms with Gasteiger partial charge in [-0.2, -0.15) is 0 Å². The molecule has 0 saturated carbocycles. The van der Waals surface area contributed by atoms with E-state index in [1.54, 1.807) is 13.8 Å². The normalized spacial score (nSPS) is 12.0. The molecule has 0 atom stereocenters. The summed E-state index contributed by atoms with van der Waals surface area (Å²) in [5, 5.41) is 3.55. The van der Waals surface area contributed by atoms with E-state index in [0.717, 1.165) is 0 Å². The maximum absolute atomic E-state index is 13.0. The number of ketones is 1. The zero-order valence-electron chi connectivity index (χ0n) is 12.7. The molecule has 9 heteroatoms. The average molecular weight is 327 g/mol. The van der Waals surface area contributed by atoms with Crippen molar-refractivity contribution >= 4 is 18.7 Å². The van der Waals surface area contributed by atoms with Crippen molar-refractivity contribution in [3.05, 3.63) is 40.2 Å². The summed E-state index contributed by atoms with van der Waals surface area (Å²) >= 11 is 0. The number of allylic oxidation sites excluding steroid dienone is 1. The minimum absolute atomic E-state index is 0.00414. The predicted molar refractivity (Wildman–Crippen MR) is 81.1 cm³/mol. The summed E-state index contributed by atoms with van der Waals surface area (Å²) in [6.07, 6.45) is 3.87. The number of hydrogen-bond acceptors (Lipinski definition) is 6. The fourth-order valence-corrected chi connectivity index (χ4v) is 3.66. The number of furan rings is 1. The van der Waals surface area contributed by atoms with Gasteiger partial charge < -0.3 is 13.5 Å². The summed E-state index contributed by atoms with van der Waals surface area (Å²) in [6, 6.07) is 0. The number of azide groups is 1. The number of hydrogen-bond donors (Lipinski definition) is 0. The van der Waals surface area contributed by atoms with Crippen LogP contribution < -0.4 is 0 Å². The highest BCUT2D eigenvalue weighted by Gasteiger charge is 2.33. The first-order valence-corrected chi connectivity index (χ1v) is 8.21. The summed E-state index contributed by atoms with van der Waals surface area (Å²) in [4.78, 5) is 14.2. The lowest BCUT2D eigenvalue weighted by molar-refractivity contribution is -0.112. The lowest BCUT2D eigenvalue weighted by Gasteiger charge is -2.19. The Hall–Kier alpha value is -1.85. The molecular weight excluding hydrogens is 309 g/mol. The molecule has 0 saturated heterocycles. The number of rotatable bonds is 9. The van der Waals surface area contributed by atoms with Crippen LogP contribution in [-0.2, 0) is 25.0 Å². The topological polar surface area (TPSA) is 115 Å². The first-order chi connectivity index (χ1) is 10.5. The molecular formula is C13H18N3O5P. The van der Waals surface area contributed by atoms with Crippen molar-refractivity contribution in [3.8, 4) is 0 Å². The predicted octanol–water partition coefficient (Wildman–Crippen LogP) is 4.29. The molecule has 0 aliphatic rings. The lowest BCUT2D eigenvalue weighted by atomic mass is 10.1. The standard InChI is InChI=1S/C13H18N3O5P/c1-4-20-22(18,21-5-2)13(6-10(3)17)12-9-19-8-11(12)7-15-16-14/h6,8-9H,4-5,7H2,1-3H3. The smallest absolute Gasteiger partial charge is 0.362 e. The highest BCUT2D eigenvalue weighted by molar-refractivity contribution is 7.65. The van der Waals surface area contributed by atoms with Gasteiger partial charge >= 0.3 is 7.60 Å². The Labute approximate surface area is 128 Å². The van der Waals surface area contributed by atoms with E-state index in [4.69, 9.17) is 19.0 Å². The van der Waals surface area contributed by atoms with Crippen molar-refractivity contribution < 1.29 is 22.8 Å². The molecule has 1 aromatic rings. The van der Waals surface area contributed by atoms with Crippen LogP contribution in [0.5, 0.6) is 0 Å². The fraction of sp³-hybridized carbons (Fsp3) is 0.462. The molecule has 0 bridgehead atoms. The molecule has 0 radical (unpaired) electrons. The van der Waals surface area contributed by atoms with E-state index in [1.165, 1.54) is 25.5 Å². The van der Waals surface area contributed by atoms with Crippen molar-refractivity contribution in [2.45, 2.75) is 27.3 Å². The maximum Gasteiger partial charge on any atom is 0.362 e. The van der Waals surface area contributed by atoms with Crippen LogP contribution >= 0.6 is 7.60 Å². The molecule has 0 amide bonds. The monoisotopic (exact) mass is 327 g/mol. The second-order valence-corrected chi connectivity index (χ2v) is 6.17. The minimum Gasteiger partial charge on any atom is -0.472 e. The Morgan fingerprint density at radius 3 is 2.55 bits per heavy atom. The summed E-state index contributed by atoms with van der Waals surface area (Å²) in [5.74, 6) is -0.314. The fourth-order valence-electron chi connectivity index (χ4n) is 1.79. The molecule has 0 aliphatic carbocycles. The number of carbonyl (C=O) groups is 1. The second-order valence-electron chi connectivity index (χ2n) is 4.17. The minimum atomic E-state index is -3.69. The molecule has 1 heterocycles. The van der Waals surface area contributed by atoms with E-state index in [0.29, 0.717) is 11.1 Å². The van der Waals surface area contributed by atoms with Crippen molar-refractivity contribution in [2.75, 3.05) is 13.2 Å². The van der Waals surface area contributed by atoms with E-state index < -0.39 is 7.60 Å². The Bertz CT molecular complexity index is 636. The molecule has 0 aromatic carbocycles. The van der Waals surface area contributed by atoms with Crippen LogP contribution in [0.4, 0.5) is 0 Å². The third-order valence-electron chi connectivity index (χ3n) is 2.56. The van der Waals surface area contributed by atoms with Gasteiger partial charge in [0.15, 0.2) is 5.78 Å². The first kappa shape index (κ1) is 18.2. The van der Waals surface area contributed by atoms with Gasteiger partial charge in [0.05, 0.1) is 37.6 Å². The van der Waals surface area contributed by atoms with Gasteiger partial charge in [-0.15, -0.1) is 0 Å². The van der Waals surface area contributed by atoms with E-state index in [9.17, 15) is 9.36 Å². The van der Waals surface area contributed by atoms with Crippen LogP contribution in [0.1, 0.15) is 31.9 Å². The van der Waals surface area contributed by atoms with Gasteiger partial charge in [0.1, 0.15) is 0 Å². The van der Waals surface area contributed by atoms with E-state index in [1.807, 2.05) is 0 Å². The molecule has 0 spiro atoms. The lowest BCUT2D eigenvalue weighted by Crippen LogP contribution is -2.01. The van der Waals surface area contributed by atoms with E-state index in [-0.39, 0.29) is 30.9 Å². The van der Waals surface area contributed by atoms with Crippen LogP contribution in [0.2, 0.25) is 0 Å². The molecule has 0 fully saturated rings. The van der Waals surface area contributed by atoms with Crippen LogP contribution in [0.3, 0.4) is 0 Å². The molecule has 0 N–H and O–H groups in total. The molecule has 1 rings (SSSR count). The van der Waals surface area contributed by atoms with Crippen LogP contribution in [0, 0.1) is 0 Å². The molecule has 0 aliphatic heterocycles. The Kier molecular flexibility index (Phi) is 7.08. The van der Waals surface area contributed by atoms with Crippen molar-refractivity contribution in [1.29, 1.82) is 0 Å². The van der Waals surface area contributed by atoms with Crippen LogP contribution in [0.25, 0.3) is 15.8 Å². The average Bonchev–Trinajstić information content (AvgIpc) is 2.90. The highest BCUT2D eigenvalue weighted by Crippen LogP contribution is 2.61. The van der Waals surface area contributed by atoms with Gasteiger partial charge in [-0.3, -0.25) is 9.36 Å². The Morgan fingerprint density at radius 2 is 2.05 bits per heavy atom. The highest BCUT2D eigenvalue weighted by atomic mass is 31.2. The Morgan fingerprint density at radius 1 is 1.41 bits per heavy atom.